The fourth-order valence-electron chi connectivity index (χ4n) is 9.39. The quantitative estimate of drug-likeness (QED) is 0.283. The summed E-state index contributed by atoms with van der Waals surface area (Å²) in [4.78, 5) is 37.4. The van der Waals surface area contributed by atoms with E-state index in [4.69, 9.17) is 14.2 Å². The zero-order chi connectivity index (χ0) is 27.1. The third-order valence-electron chi connectivity index (χ3n) is 11.3. The molecule has 0 amide bonds. The molecule has 4 saturated carbocycles. The number of rotatable bonds is 7. The van der Waals surface area contributed by atoms with E-state index in [1.54, 1.807) is 0 Å². The van der Waals surface area contributed by atoms with Crippen LogP contribution in [0.5, 0.6) is 0 Å². The predicted molar refractivity (Wildman–Crippen MR) is 141 cm³/mol. The Balaban J connectivity index is 1.72. The molecule has 10 unspecified atom stereocenters. The maximum Gasteiger partial charge on any atom is 0.305 e. The van der Waals surface area contributed by atoms with E-state index in [-0.39, 0.29) is 53.0 Å². The van der Waals surface area contributed by atoms with Crippen LogP contribution in [-0.2, 0) is 28.6 Å². The standard InChI is InChI=1S/C31H50O6/c1-8-26(32)35-20-13-14-30(6)19(15-20)16-24(36-27(33)9-2)29-22-12-11-21(18(4)5)31(22,7)25(17-23(29)30)37-28(34)10-3/h18-25,29H,8-17H2,1-7H3. The lowest BCUT2D eigenvalue weighted by molar-refractivity contribution is -0.225. The van der Waals surface area contributed by atoms with Gasteiger partial charge in [0.25, 0.3) is 0 Å². The molecule has 4 aliphatic carbocycles. The second-order valence-corrected chi connectivity index (χ2v) is 13.2. The Morgan fingerprint density at radius 3 is 2.03 bits per heavy atom. The number of carbonyl (C=O) groups is 3. The summed E-state index contributed by atoms with van der Waals surface area (Å²) >= 11 is 0. The van der Waals surface area contributed by atoms with E-state index >= 15 is 0 Å². The first kappa shape index (κ1) is 28.4. The van der Waals surface area contributed by atoms with Crippen LogP contribution in [-0.4, -0.2) is 36.2 Å². The van der Waals surface area contributed by atoms with Crippen molar-refractivity contribution in [2.45, 2.75) is 131 Å². The van der Waals surface area contributed by atoms with Gasteiger partial charge in [0.05, 0.1) is 0 Å². The molecule has 0 bridgehead atoms. The second-order valence-electron chi connectivity index (χ2n) is 13.2. The smallest absolute Gasteiger partial charge is 0.305 e. The minimum Gasteiger partial charge on any atom is -0.462 e. The highest BCUT2D eigenvalue weighted by Gasteiger charge is 2.67. The zero-order valence-corrected chi connectivity index (χ0v) is 24.2. The Labute approximate surface area is 223 Å². The van der Waals surface area contributed by atoms with Crippen LogP contribution in [0.4, 0.5) is 0 Å². The number of fused-ring (bicyclic) bond motifs is 5. The van der Waals surface area contributed by atoms with Gasteiger partial charge in [0.2, 0.25) is 0 Å². The van der Waals surface area contributed by atoms with Crippen LogP contribution in [0.1, 0.15) is 113 Å². The summed E-state index contributed by atoms with van der Waals surface area (Å²) in [6.45, 7) is 15.0. The zero-order valence-electron chi connectivity index (χ0n) is 24.2. The lowest BCUT2D eigenvalue weighted by Gasteiger charge is -2.64. The molecule has 10 atom stereocenters. The summed E-state index contributed by atoms with van der Waals surface area (Å²) in [6.07, 6.45) is 7.42. The molecule has 4 fully saturated rings. The predicted octanol–water partition coefficient (Wildman–Crippen LogP) is 6.49. The number of hydrogen-bond donors (Lipinski definition) is 0. The molecule has 0 aromatic rings. The van der Waals surface area contributed by atoms with Gasteiger partial charge in [0, 0.05) is 30.6 Å². The summed E-state index contributed by atoms with van der Waals surface area (Å²) < 4.78 is 18.4. The fourth-order valence-corrected chi connectivity index (χ4v) is 9.39. The molecule has 4 aliphatic rings. The first-order chi connectivity index (χ1) is 17.5. The maximum atomic E-state index is 12.7. The van der Waals surface area contributed by atoms with Crippen LogP contribution in [0, 0.1) is 46.3 Å². The number of carbonyl (C=O) groups excluding carboxylic acids is 3. The molecule has 0 N–H and O–H groups in total. The van der Waals surface area contributed by atoms with Gasteiger partial charge >= 0.3 is 17.9 Å². The van der Waals surface area contributed by atoms with Crippen LogP contribution in [0.25, 0.3) is 0 Å². The van der Waals surface area contributed by atoms with Crippen LogP contribution in [0.15, 0.2) is 0 Å². The molecule has 0 aromatic heterocycles. The van der Waals surface area contributed by atoms with Crippen molar-refractivity contribution < 1.29 is 28.6 Å². The van der Waals surface area contributed by atoms with Crippen LogP contribution >= 0.6 is 0 Å². The van der Waals surface area contributed by atoms with Crippen molar-refractivity contribution in [3.8, 4) is 0 Å². The van der Waals surface area contributed by atoms with Crippen molar-refractivity contribution in [3.05, 3.63) is 0 Å². The van der Waals surface area contributed by atoms with Crippen molar-refractivity contribution in [2.24, 2.45) is 46.3 Å². The monoisotopic (exact) mass is 518 g/mol. The Hall–Kier alpha value is -1.59. The van der Waals surface area contributed by atoms with Gasteiger partial charge in [-0.1, -0.05) is 48.5 Å². The van der Waals surface area contributed by atoms with Gasteiger partial charge in [-0.05, 0) is 80.0 Å². The second kappa shape index (κ2) is 10.9. The van der Waals surface area contributed by atoms with Crippen LogP contribution in [0.3, 0.4) is 0 Å². The number of esters is 3. The van der Waals surface area contributed by atoms with Crippen molar-refractivity contribution in [1.82, 2.24) is 0 Å². The van der Waals surface area contributed by atoms with E-state index in [1.807, 2.05) is 20.8 Å². The van der Waals surface area contributed by atoms with E-state index in [9.17, 15) is 14.4 Å². The molecule has 210 valence electrons. The lowest BCUT2D eigenvalue weighted by Crippen LogP contribution is -2.63. The van der Waals surface area contributed by atoms with E-state index in [1.165, 1.54) is 0 Å². The Kier molecular flexibility index (Phi) is 8.36. The molecule has 0 saturated heterocycles. The van der Waals surface area contributed by atoms with Gasteiger partial charge in [-0.15, -0.1) is 0 Å². The normalized spacial score (nSPS) is 42.8. The molecule has 6 heteroatoms. The molecule has 37 heavy (non-hydrogen) atoms. The van der Waals surface area contributed by atoms with Crippen LogP contribution < -0.4 is 0 Å². The van der Waals surface area contributed by atoms with E-state index in [0.717, 1.165) is 44.9 Å². The minimum atomic E-state index is -0.137. The van der Waals surface area contributed by atoms with Gasteiger partial charge in [-0.2, -0.15) is 0 Å². The van der Waals surface area contributed by atoms with Gasteiger partial charge in [0.15, 0.2) is 0 Å². The number of ether oxygens (including phenoxy) is 3. The lowest BCUT2D eigenvalue weighted by atomic mass is 9.43. The van der Waals surface area contributed by atoms with Crippen LogP contribution in [0.2, 0.25) is 0 Å². The van der Waals surface area contributed by atoms with Gasteiger partial charge < -0.3 is 14.2 Å². The topological polar surface area (TPSA) is 78.9 Å². The summed E-state index contributed by atoms with van der Waals surface area (Å²) in [7, 11) is 0. The molecule has 4 rings (SSSR count). The fraction of sp³-hybridized carbons (Fsp3) is 0.903. The highest BCUT2D eigenvalue weighted by molar-refractivity contribution is 5.70. The average Bonchev–Trinajstić information content (AvgIpc) is 3.23. The number of hydrogen-bond acceptors (Lipinski definition) is 6. The van der Waals surface area contributed by atoms with Gasteiger partial charge in [-0.3, -0.25) is 14.4 Å². The third-order valence-corrected chi connectivity index (χ3v) is 11.3. The van der Waals surface area contributed by atoms with Crippen molar-refractivity contribution >= 4 is 17.9 Å². The minimum absolute atomic E-state index is 0.0447. The summed E-state index contributed by atoms with van der Waals surface area (Å²) in [6, 6.07) is 0. The molecular weight excluding hydrogens is 468 g/mol. The molecule has 6 nitrogen and oxygen atoms in total. The van der Waals surface area contributed by atoms with Crippen molar-refractivity contribution in [1.29, 1.82) is 0 Å². The Bertz CT molecular complexity index is 868. The molecule has 0 aliphatic heterocycles. The summed E-state index contributed by atoms with van der Waals surface area (Å²) in [5.41, 5.74) is -0.0723. The highest BCUT2D eigenvalue weighted by atomic mass is 16.6. The van der Waals surface area contributed by atoms with E-state index in [2.05, 4.69) is 27.7 Å². The first-order valence-corrected chi connectivity index (χ1v) is 15.1. The maximum absolute atomic E-state index is 12.7. The van der Waals surface area contributed by atoms with Crippen molar-refractivity contribution in [2.75, 3.05) is 0 Å². The van der Waals surface area contributed by atoms with E-state index in [0.29, 0.717) is 48.9 Å². The van der Waals surface area contributed by atoms with E-state index < -0.39 is 0 Å². The Morgan fingerprint density at radius 2 is 1.41 bits per heavy atom. The summed E-state index contributed by atoms with van der Waals surface area (Å²) in [5, 5.41) is 0. The molecule has 0 radical (unpaired) electrons. The molecule has 0 heterocycles. The average molecular weight is 519 g/mol. The largest absolute Gasteiger partial charge is 0.462 e. The molecule has 0 spiro atoms. The van der Waals surface area contributed by atoms with Crippen molar-refractivity contribution in [3.63, 3.8) is 0 Å². The molecule has 0 aromatic carbocycles. The Morgan fingerprint density at radius 1 is 0.784 bits per heavy atom. The third kappa shape index (κ3) is 4.95. The summed E-state index contributed by atoms with van der Waals surface area (Å²) in [5.74, 6) is 1.85. The van der Waals surface area contributed by atoms with Gasteiger partial charge in [0.1, 0.15) is 18.3 Å². The van der Waals surface area contributed by atoms with Gasteiger partial charge in [-0.25, -0.2) is 0 Å². The molecular formula is C31H50O6. The first-order valence-electron chi connectivity index (χ1n) is 15.1. The highest BCUT2D eigenvalue weighted by Crippen LogP contribution is 2.69. The SMILES string of the molecule is CCC(=O)OC1CCC2(C)C(C1)CC(OC(=O)CC)C1C2CC(OC(=O)CC)C2(C)C(C(C)C)CCC12.